The Hall–Kier alpha value is -0.190. The highest BCUT2D eigenvalue weighted by molar-refractivity contribution is 9.10. The van der Waals surface area contributed by atoms with Crippen molar-refractivity contribution in [1.82, 2.24) is 5.32 Å². The highest BCUT2D eigenvalue weighted by Gasteiger charge is 2.04. The molecule has 1 unspecified atom stereocenters. The van der Waals surface area contributed by atoms with E-state index in [1.807, 2.05) is 23.9 Å². The minimum atomic E-state index is 0.715. The maximum Gasteiger partial charge on any atom is 0.123 e. The number of hydrogen-bond acceptors (Lipinski definition) is 3. The van der Waals surface area contributed by atoms with Crippen LogP contribution in [-0.4, -0.2) is 25.2 Å². The summed E-state index contributed by atoms with van der Waals surface area (Å²) >= 11 is 5.39. The molecule has 0 aromatic heterocycles. The molecule has 0 bridgehead atoms. The predicted molar refractivity (Wildman–Crippen MR) is 80.0 cm³/mol. The third-order valence-corrected chi connectivity index (χ3v) is 4.22. The third-order valence-electron chi connectivity index (χ3n) is 2.69. The van der Waals surface area contributed by atoms with Crippen LogP contribution in [0.5, 0.6) is 5.75 Å². The molecular weight excluding hydrogens is 298 g/mol. The Bertz CT molecular complexity index is 346. The van der Waals surface area contributed by atoms with E-state index in [1.54, 1.807) is 7.11 Å². The first-order valence-electron chi connectivity index (χ1n) is 5.73. The van der Waals surface area contributed by atoms with Gasteiger partial charge in [-0.15, -0.1) is 0 Å². The molecular formula is C13H20BrNOS. The summed E-state index contributed by atoms with van der Waals surface area (Å²) < 4.78 is 6.43. The van der Waals surface area contributed by atoms with E-state index in [0.29, 0.717) is 5.25 Å². The number of halogens is 1. The molecule has 2 nitrogen and oxygen atoms in total. The van der Waals surface area contributed by atoms with Gasteiger partial charge in [0.1, 0.15) is 5.75 Å². The van der Waals surface area contributed by atoms with E-state index in [-0.39, 0.29) is 0 Å². The molecule has 0 aliphatic heterocycles. The molecule has 4 heteroatoms. The standard InChI is InChI=1S/C13H20BrNOS/c1-10(17-3)6-7-15-9-11-8-12(14)4-5-13(11)16-2/h4-5,8,10,15H,6-7,9H2,1-3H3. The lowest BCUT2D eigenvalue weighted by molar-refractivity contribution is 0.407. The lowest BCUT2D eigenvalue weighted by Crippen LogP contribution is -2.18. The first kappa shape index (κ1) is 14.9. The first-order chi connectivity index (χ1) is 8.17. The van der Waals surface area contributed by atoms with Gasteiger partial charge in [0, 0.05) is 21.8 Å². The third kappa shape index (κ3) is 5.32. The van der Waals surface area contributed by atoms with Crippen LogP contribution in [0.4, 0.5) is 0 Å². The van der Waals surface area contributed by atoms with Gasteiger partial charge in [0.25, 0.3) is 0 Å². The second kappa shape index (κ2) is 8.01. The number of benzene rings is 1. The van der Waals surface area contributed by atoms with Gasteiger partial charge in [-0.05, 0) is 37.4 Å². The number of hydrogen-bond donors (Lipinski definition) is 1. The molecule has 1 aromatic carbocycles. The normalized spacial score (nSPS) is 12.5. The van der Waals surface area contributed by atoms with Crippen molar-refractivity contribution in [2.45, 2.75) is 25.1 Å². The maximum absolute atomic E-state index is 5.33. The summed E-state index contributed by atoms with van der Waals surface area (Å²) in [5.74, 6) is 0.943. The molecule has 1 N–H and O–H groups in total. The molecule has 0 heterocycles. The van der Waals surface area contributed by atoms with E-state index in [1.165, 1.54) is 12.0 Å². The van der Waals surface area contributed by atoms with Crippen LogP contribution in [0.1, 0.15) is 18.9 Å². The van der Waals surface area contributed by atoms with Crippen LogP contribution in [0.2, 0.25) is 0 Å². The average Bonchev–Trinajstić information content (AvgIpc) is 2.34. The zero-order chi connectivity index (χ0) is 12.7. The monoisotopic (exact) mass is 317 g/mol. The molecule has 0 saturated carbocycles. The van der Waals surface area contributed by atoms with Gasteiger partial charge in [0.2, 0.25) is 0 Å². The van der Waals surface area contributed by atoms with Crippen LogP contribution in [0, 0.1) is 0 Å². The molecule has 96 valence electrons. The van der Waals surface area contributed by atoms with Crippen LogP contribution < -0.4 is 10.1 Å². The van der Waals surface area contributed by atoms with Crippen molar-refractivity contribution in [1.29, 1.82) is 0 Å². The fraction of sp³-hybridized carbons (Fsp3) is 0.538. The summed E-state index contributed by atoms with van der Waals surface area (Å²) in [4.78, 5) is 0. The van der Waals surface area contributed by atoms with Crippen LogP contribution in [-0.2, 0) is 6.54 Å². The lowest BCUT2D eigenvalue weighted by atomic mass is 10.2. The summed E-state index contributed by atoms with van der Waals surface area (Å²) in [7, 11) is 1.71. The van der Waals surface area contributed by atoms with Gasteiger partial charge in [-0.1, -0.05) is 22.9 Å². The SMILES string of the molecule is COc1ccc(Br)cc1CNCCC(C)SC. The van der Waals surface area contributed by atoms with Crippen molar-refractivity contribution in [3.63, 3.8) is 0 Å². The predicted octanol–water partition coefficient (Wildman–Crippen LogP) is 3.69. The molecule has 1 aromatic rings. The lowest BCUT2D eigenvalue weighted by Gasteiger charge is -2.12. The second-order valence-corrected chi connectivity index (χ2v) is 6.16. The number of nitrogens with one attached hydrogen (secondary N) is 1. The molecule has 0 aliphatic rings. The topological polar surface area (TPSA) is 21.3 Å². The van der Waals surface area contributed by atoms with Gasteiger partial charge in [0.05, 0.1) is 7.11 Å². The van der Waals surface area contributed by atoms with Crippen molar-refractivity contribution in [2.24, 2.45) is 0 Å². The van der Waals surface area contributed by atoms with Gasteiger partial charge in [-0.2, -0.15) is 11.8 Å². The molecule has 0 radical (unpaired) electrons. The van der Waals surface area contributed by atoms with Gasteiger partial charge in [-0.25, -0.2) is 0 Å². The maximum atomic E-state index is 5.33. The molecule has 0 fully saturated rings. The zero-order valence-corrected chi connectivity index (χ0v) is 13.0. The van der Waals surface area contributed by atoms with Crippen molar-refractivity contribution >= 4 is 27.7 Å². The van der Waals surface area contributed by atoms with E-state index in [2.05, 4.69) is 40.5 Å². The van der Waals surface area contributed by atoms with E-state index >= 15 is 0 Å². The quantitative estimate of drug-likeness (QED) is 0.775. The highest BCUT2D eigenvalue weighted by Crippen LogP contribution is 2.22. The molecule has 0 saturated heterocycles. The molecule has 1 atom stereocenters. The molecule has 1 rings (SSSR count). The average molecular weight is 318 g/mol. The molecule has 17 heavy (non-hydrogen) atoms. The van der Waals surface area contributed by atoms with Crippen LogP contribution >= 0.6 is 27.7 Å². The Morgan fingerprint density at radius 1 is 1.47 bits per heavy atom. The Balaban J connectivity index is 2.42. The van der Waals surface area contributed by atoms with E-state index < -0.39 is 0 Å². The van der Waals surface area contributed by atoms with Crippen molar-refractivity contribution in [3.05, 3.63) is 28.2 Å². The second-order valence-electron chi connectivity index (χ2n) is 3.97. The smallest absolute Gasteiger partial charge is 0.123 e. The van der Waals surface area contributed by atoms with Crippen molar-refractivity contribution in [2.75, 3.05) is 19.9 Å². The number of rotatable bonds is 7. The Morgan fingerprint density at radius 2 is 2.24 bits per heavy atom. The summed E-state index contributed by atoms with van der Waals surface area (Å²) in [5.41, 5.74) is 1.19. The van der Waals surface area contributed by atoms with E-state index in [9.17, 15) is 0 Å². The Kier molecular flexibility index (Phi) is 7.00. The minimum Gasteiger partial charge on any atom is -0.496 e. The zero-order valence-electron chi connectivity index (χ0n) is 10.6. The van der Waals surface area contributed by atoms with Crippen LogP contribution in [0.15, 0.2) is 22.7 Å². The van der Waals surface area contributed by atoms with E-state index in [0.717, 1.165) is 23.3 Å². The highest BCUT2D eigenvalue weighted by atomic mass is 79.9. The molecule has 0 aliphatic carbocycles. The van der Waals surface area contributed by atoms with Gasteiger partial charge in [0.15, 0.2) is 0 Å². The minimum absolute atomic E-state index is 0.715. The fourth-order valence-corrected chi connectivity index (χ4v) is 2.29. The summed E-state index contributed by atoms with van der Waals surface area (Å²) in [6, 6.07) is 6.09. The number of methoxy groups -OCH3 is 1. The summed E-state index contributed by atoms with van der Waals surface area (Å²) in [6.45, 7) is 4.15. The Morgan fingerprint density at radius 3 is 2.88 bits per heavy atom. The van der Waals surface area contributed by atoms with E-state index in [4.69, 9.17) is 4.74 Å². The largest absolute Gasteiger partial charge is 0.496 e. The summed E-state index contributed by atoms with van der Waals surface area (Å²) in [6.07, 6.45) is 3.35. The van der Waals surface area contributed by atoms with Crippen LogP contribution in [0.25, 0.3) is 0 Å². The number of thioether (sulfide) groups is 1. The van der Waals surface area contributed by atoms with Crippen molar-refractivity contribution in [3.8, 4) is 5.75 Å². The van der Waals surface area contributed by atoms with Gasteiger partial charge in [-0.3, -0.25) is 0 Å². The first-order valence-corrected chi connectivity index (χ1v) is 7.81. The number of ether oxygens (including phenoxy) is 1. The van der Waals surface area contributed by atoms with Gasteiger partial charge < -0.3 is 10.1 Å². The Labute approximate surface area is 117 Å². The molecule has 0 amide bonds. The van der Waals surface area contributed by atoms with Crippen LogP contribution in [0.3, 0.4) is 0 Å². The van der Waals surface area contributed by atoms with Crippen molar-refractivity contribution < 1.29 is 4.74 Å². The van der Waals surface area contributed by atoms with Gasteiger partial charge >= 0.3 is 0 Å². The molecule has 0 spiro atoms. The fourth-order valence-electron chi connectivity index (χ4n) is 1.53. The summed E-state index contributed by atoms with van der Waals surface area (Å²) in [5, 5.41) is 4.17.